The van der Waals surface area contributed by atoms with Crippen molar-refractivity contribution in [1.82, 2.24) is 5.43 Å². The zero-order valence-corrected chi connectivity index (χ0v) is 19.7. The zero-order valence-electron chi connectivity index (χ0n) is 18.9. The van der Waals surface area contributed by atoms with Crippen molar-refractivity contribution >= 4 is 33.5 Å². The van der Waals surface area contributed by atoms with Crippen LogP contribution in [0.4, 0.5) is 11.4 Å². The maximum Gasteiger partial charge on any atom is 0.269 e. The van der Waals surface area contributed by atoms with Crippen molar-refractivity contribution in [2.45, 2.75) is 25.7 Å². The van der Waals surface area contributed by atoms with E-state index in [1.54, 1.807) is 30.3 Å². The van der Waals surface area contributed by atoms with Gasteiger partial charge in [-0.25, -0.2) is 13.8 Å². The molecule has 0 saturated carbocycles. The molecule has 0 bridgehead atoms. The van der Waals surface area contributed by atoms with Crippen molar-refractivity contribution in [3.05, 3.63) is 99.1 Å². The molecule has 3 aromatic carbocycles. The Hall–Kier alpha value is -4.05. The minimum Gasteiger partial charge on any atom is -0.271 e. The Kier molecular flexibility index (Phi) is 7.42. The first kappa shape index (κ1) is 24.6. The molecule has 10 heteroatoms. The first-order valence-corrected chi connectivity index (χ1v) is 11.7. The van der Waals surface area contributed by atoms with Gasteiger partial charge in [-0.15, -0.1) is 0 Å². The van der Waals surface area contributed by atoms with Crippen LogP contribution in [0.5, 0.6) is 0 Å². The number of anilines is 1. The lowest BCUT2D eigenvalue weighted by Crippen LogP contribution is -2.39. The van der Waals surface area contributed by atoms with Crippen LogP contribution in [0.2, 0.25) is 0 Å². The summed E-state index contributed by atoms with van der Waals surface area (Å²) in [6.07, 6.45) is 1.32. The molecule has 0 aliphatic carbocycles. The van der Waals surface area contributed by atoms with Crippen LogP contribution < -0.4 is 9.73 Å². The molecule has 3 rings (SSSR count). The fourth-order valence-electron chi connectivity index (χ4n) is 3.06. The second-order valence-electron chi connectivity index (χ2n) is 7.74. The molecule has 1 N–H and O–H groups in total. The van der Waals surface area contributed by atoms with Gasteiger partial charge in [0.25, 0.3) is 21.6 Å². The largest absolute Gasteiger partial charge is 0.271 e. The zero-order chi connectivity index (χ0) is 24.9. The minimum atomic E-state index is -4.03. The van der Waals surface area contributed by atoms with E-state index in [-0.39, 0.29) is 10.6 Å². The maximum absolute atomic E-state index is 13.4. The molecule has 0 aliphatic rings. The Balaban J connectivity index is 1.83. The normalized spacial score (nSPS) is 11.4. The topological polar surface area (TPSA) is 122 Å². The number of non-ortho nitro benzene ring substituents is 1. The van der Waals surface area contributed by atoms with E-state index in [4.69, 9.17) is 0 Å². The lowest BCUT2D eigenvalue weighted by Gasteiger charge is -2.24. The average molecular weight is 481 g/mol. The molecule has 0 spiro atoms. The highest BCUT2D eigenvalue weighted by Gasteiger charge is 2.27. The van der Waals surface area contributed by atoms with Crippen LogP contribution in [-0.4, -0.2) is 32.0 Å². The van der Waals surface area contributed by atoms with Crippen molar-refractivity contribution in [3.63, 3.8) is 0 Å². The number of hydrogen-bond acceptors (Lipinski definition) is 6. The molecule has 0 aliphatic heterocycles. The van der Waals surface area contributed by atoms with Gasteiger partial charge in [0, 0.05) is 12.1 Å². The molecule has 0 radical (unpaired) electrons. The van der Waals surface area contributed by atoms with Crippen molar-refractivity contribution in [3.8, 4) is 0 Å². The summed E-state index contributed by atoms with van der Waals surface area (Å²) in [4.78, 5) is 22.9. The van der Waals surface area contributed by atoms with Crippen molar-refractivity contribution in [1.29, 1.82) is 0 Å². The molecule has 0 unspecified atom stereocenters. The van der Waals surface area contributed by atoms with Crippen LogP contribution in [-0.2, 0) is 14.8 Å². The van der Waals surface area contributed by atoms with Gasteiger partial charge in [0.1, 0.15) is 6.54 Å². The fourth-order valence-corrected chi connectivity index (χ4v) is 4.47. The Morgan fingerprint density at radius 1 is 1.00 bits per heavy atom. The SMILES string of the molecule is Cc1ccc(S(=O)(=O)N(CC(=O)N/N=C\c2ccc([N+](=O)[O-])cc2)c2ccc(C)c(C)c2)cc1. The minimum absolute atomic E-state index is 0.0634. The first-order valence-electron chi connectivity index (χ1n) is 10.3. The molecule has 0 fully saturated rings. The van der Waals surface area contributed by atoms with E-state index in [2.05, 4.69) is 10.5 Å². The molecule has 1 amide bonds. The summed E-state index contributed by atoms with van der Waals surface area (Å²) in [6.45, 7) is 5.14. The first-order chi connectivity index (χ1) is 16.1. The summed E-state index contributed by atoms with van der Waals surface area (Å²) in [5.74, 6) is -0.646. The second-order valence-corrected chi connectivity index (χ2v) is 9.60. The summed E-state index contributed by atoms with van der Waals surface area (Å²) in [5.41, 5.74) is 5.94. The summed E-state index contributed by atoms with van der Waals surface area (Å²) in [5, 5.41) is 14.6. The number of amides is 1. The Morgan fingerprint density at radius 3 is 2.24 bits per heavy atom. The summed E-state index contributed by atoms with van der Waals surface area (Å²) in [7, 11) is -4.03. The van der Waals surface area contributed by atoms with Gasteiger partial charge in [-0.05, 0) is 73.9 Å². The fraction of sp³-hybridized carbons (Fsp3) is 0.167. The number of nitrogens with zero attached hydrogens (tertiary/aromatic N) is 3. The number of carbonyl (C=O) groups is 1. The highest BCUT2D eigenvalue weighted by molar-refractivity contribution is 7.92. The summed E-state index contributed by atoms with van der Waals surface area (Å²) < 4.78 is 27.9. The van der Waals surface area contributed by atoms with Crippen LogP contribution in [0, 0.1) is 30.9 Å². The van der Waals surface area contributed by atoms with Crippen LogP contribution in [0.15, 0.2) is 76.7 Å². The van der Waals surface area contributed by atoms with Crippen molar-refractivity contribution < 1.29 is 18.1 Å². The monoisotopic (exact) mass is 480 g/mol. The predicted octanol–water partition coefficient (Wildman–Crippen LogP) is 3.87. The molecule has 176 valence electrons. The van der Waals surface area contributed by atoms with Gasteiger partial charge >= 0.3 is 0 Å². The van der Waals surface area contributed by atoms with E-state index in [1.807, 2.05) is 20.8 Å². The van der Waals surface area contributed by atoms with E-state index < -0.39 is 27.4 Å². The Morgan fingerprint density at radius 2 is 1.65 bits per heavy atom. The van der Waals surface area contributed by atoms with Crippen LogP contribution in [0.3, 0.4) is 0 Å². The predicted molar refractivity (Wildman–Crippen MR) is 130 cm³/mol. The Labute approximate surface area is 197 Å². The van der Waals surface area contributed by atoms with E-state index >= 15 is 0 Å². The number of hydrazone groups is 1. The van der Waals surface area contributed by atoms with Gasteiger partial charge in [-0.2, -0.15) is 5.10 Å². The molecule has 0 atom stereocenters. The van der Waals surface area contributed by atoms with Gasteiger partial charge in [0.2, 0.25) is 0 Å². The number of carbonyl (C=O) groups excluding carboxylic acids is 1. The lowest BCUT2D eigenvalue weighted by atomic mass is 10.1. The smallest absolute Gasteiger partial charge is 0.269 e. The van der Waals surface area contributed by atoms with Gasteiger partial charge in [0.05, 0.1) is 21.7 Å². The third kappa shape index (κ3) is 5.84. The lowest BCUT2D eigenvalue weighted by molar-refractivity contribution is -0.384. The number of nitrogens with one attached hydrogen (secondary N) is 1. The summed E-state index contributed by atoms with van der Waals surface area (Å²) >= 11 is 0. The maximum atomic E-state index is 13.4. The number of nitro groups is 1. The molecular weight excluding hydrogens is 456 g/mol. The number of sulfonamides is 1. The average Bonchev–Trinajstić information content (AvgIpc) is 2.80. The molecule has 0 saturated heterocycles. The van der Waals surface area contributed by atoms with Gasteiger partial charge in [0.15, 0.2) is 0 Å². The number of hydrogen-bond donors (Lipinski definition) is 1. The van der Waals surface area contributed by atoms with Crippen LogP contribution in [0.1, 0.15) is 22.3 Å². The van der Waals surface area contributed by atoms with Gasteiger partial charge < -0.3 is 0 Å². The van der Waals surface area contributed by atoms with Gasteiger partial charge in [-0.3, -0.25) is 19.2 Å². The van der Waals surface area contributed by atoms with Gasteiger partial charge in [-0.1, -0.05) is 23.8 Å². The Bertz CT molecular complexity index is 1330. The number of benzene rings is 3. The number of nitro benzene ring substituents is 1. The quantitative estimate of drug-likeness (QED) is 0.298. The third-order valence-electron chi connectivity index (χ3n) is 5.18. The van der Waals surface area contributed by atoms with Crippen LogP contribution in [0.25, 0.3) is 0 Å². The number of aryl methyl sites for hydroxylation is 3. The second kappa shape index (κ2) is 10.3. The molecule has 0 aromatic heterocycles. The third-order valence-corrected chi connectivity index (χ3v) is 6.97. The highest BCUT2D eigenvalue weighted by Crippen LogP contribution is 2.26. The van der Waals surface area contributed by atoms with E-state index in [9.17, 15) is 23.3 Å². The van der Waals surface area contributed by atoms with Crippen LogP contribution >= 0.6 is 0 Å². The van der Waals surface area contributed by atoms with E-state index in [0.29, 0.717) is 11.3 Å². The van der Waals surface area contributed by atoms with E-state index in [1.165, 1.54) is 42.6 Å². The molecule has 0 heterocycles. The van der Waals surface area contributed by atoms with E-state index in [0.717, 1.165) is 21.0 Å². The van der Waals surface area contributed by atoms with Crippen molar-refractivity contribution in [2.75, 3.05) is 10.8 Å². The van der Waals surface area contributed by atoms with Crippen molar-refractivity contribution in [2.24, 2.45) is 5.10 Å². The molecular formula is C24H24N4O5S. The molecule has 9 nitrogen and oxygen atoms in total. The summed E-state index contributed by atoms with van der Waals surface area (Å²) in [6, 6.07) is 17.2. The highest BCUT2D eigenvalue weighted by atomic mass is 32.2. The molecule has 3 aromatic rings. The standard InChI is InChI=1S/C24H24N4O5S/c1-17-4-12-23(13-5-17)34(32,33)27(22-9-6-18(2)19(3)14-22)16-24(29)26-25-15-20-7-10-21(11-8-20)28(30)31/h4-15H,16H2,1-3H3,(H,26,29)/b25-15-. The number of rotatable bonds is 8. The molecule has 34 heavy (non-hydrogen) atoms.